The second-order valence-electron chi connectivity index (χ2n) is 7.75. The van der Waals surface area contributed by atoms with Gasteiger partial charge in [-0.25, -0.2) is 4.79 Å². The number of nitrogens with zero attached hydrogens (tertiary/aromatic N) is 1. The number of anilines is 1. The van der Waals surface area contributed by atoms with Gasteiger partial charge < -0.3 is 29.7 Å². The van der Waals surface area contributed by atoms with Gasteiger partial charge in [0, 0.05) is 25.3 Å². The molecule has 1 unspecified atom stereocenters. The molecule has 0 bridgehead atoms. The first kappa shape index (κ1) is 24.8. The van der Waals surface area contributed by atoms with Gasteiger partial charge in [0.25, 0.3) is 0 Å². The van der Waals surface area contributed by atoms with E-state index in [1.54, 1.807) is 57.5 Å². The fourth-order valence-corrected chi connectivity index (χ4v) is 3.20. The smallest absolute Gasteiger partial charge is 0.319 e. The normalized spacial score (nSPS) is 11.5. The third-order valence-corrected chi connectivity index (χ3v) is 5.11. The molecule has 174 valence electrons. The summed E-state index contributed by atoms with van der Waals surface area (Å²) in [5, 5.41) is 5.55. The van der Waals surface area contributed by atoms with Crippen molar-refractivity contribution in [2.75, 3.05) is 40.2 Å². The number of hydrogen-bond donors (Lipinski definition) is 2. The molecule has 0 fully saturated rings. The molecule has 0 aliphatic carbocycles. The Bertz CT molecular complexity index is 916. The molecule has 3 amide bonds. The van der Waals surface area contributed by atoms with Crippen LogP contribution in [0.3, 0.4) is 0 Å². The van der Waals surface area contributed by atoms with Crippen molar-refractivity contribution in [2.45, 2.75) is 26.3 Å². The zero-order valence-corrected chi connectivity index (χ0v) is 19.6. The quantitative estimate of drug-likeness (QED) is 0.586. The Kier molecular flexibility index (Phi) is 9.19. The average Bonchev–Trinajstić information content (AvgIpc) is 2.80. The molecule has 8 nitrogen and oxygen atoms in total. The second kappa shape index (κ2) is 11.8. The highest BCUT2D eigenvalue weighted by Gasteiger charge is 2.27. The van der Waals surface area contributed by atoms with Crippen LogP contribution in [-0.4, -0.2) is 57.8 Å². The first-order valence-corrected chi connectivity index (χ1v) is 10.5. The SMILES string of the molecule is COc1cccc(NC(=O)NC(C(=O)N(C)CCc2ccc(OC)c(OC)c2)C(C)C)c1. The molecule has 0 spiro atoms. The van der Waals surface area contributed by atoms with Gasteiger partial charge in [0.05, 0.1) is 21.3 Å². The van der Waals surface area contributed by atoms with Crippen LogP contribution in [0, 0.1) is 5.92 Å². The van der Waals surface area contributed by atoms with E-state index in [1.165, 1.54) is 0 Å². The summed E-state index contributed by atoms with van der Waals surface area (Å²) in [6.45, 7) is 4.30. The number of rotatable bonds is 10. The lowest BCUT2D eigenvalue weighted by molar-refractivity contribution is -0.132. The summed E-state index contributed by atoms with van der Waals surface area (Å²) in [7, 11) is 6.48. The van der Waals surface area contributed by atoms with Crippen LogP contribution >= 0.6 is 0 Å². The largest absolute Gasteiger partial charge is 0.497 e. The van der Waals surface area contributed by atoms with Crippen molar-refractivity contribution in [3.63, 3.8) is 0 Å². The van der Waals surface area contributed by atoms with Crippen LogP contribution in [0.5, 0.6) is 17.2 Å². The van der Waals surface area contributed by atoms with Gasteiger partial charge >= 0.3 is 6.03 Å². The summed E-state index contributed by atoms with van der Waals surface area (Å²) in [6.07, 6.45) is 0.642. The van der Waals surface area contributed by atoms with Crippen LogP contribution in [0.15, 0.2) is 42.5 Å². The topological polar surface area (TPSA) is 89.1 Å². The Hall–Kier alpha value is -3.42. The maximum Gasteiger partial charge on any atom is 0.319 e. The van der Waals surface area contributed by atoms with Crippen molar-refractivity contribution in [2.24, 2.45) is 5.92 Å². The Morgan fingerprint density at radius 3 is 2.31 bits per heavy atom. The first-order valence-electron chi connectivity index (χ1n) is 10.5. The first-order chi connectivity index (χ1) is 15.3. The summed E-state index contributed by atoms with van der Waals surface area (Å²) >= 11 is 0. The highest BCUT2D eigenvalue weighted by molar-refractivity contribution is 5.94. The van der Waals surface area contributed by atoms with E-state index in [4.69, 9.17) is 14.2 Å². The summed E-state index contributed by atoms with van der Waals surface area (Å²) in [5.74, 6) is 1.71. The number of nitrogens with one attached hydrogen (secondary N) is 2. The molecule has 0 radical (unpaired) electrons. The third-order valence-electron chi connectivity index (χ3n) is 5.11. The lowest BCUT2D eigenvalue weighted by Crippen LogP contribution is -2.51. The summed E-state index contributed by atoms with van der Waals surface area (Å²) < 4.78 is 15.8. The van der Waals surface area contributed by atoms with Crippen LogP contribution in [0.2, 0.25) is 0 Å². The molecule has 2 rings (SSSR count). The Labute approximate surface area is 189 Å². The molecule has 0 saturated heterocycles. The summed E-state index contributed by atoms with van der Waals surface area (Å²) in [5.41, 5.74) is 1.60. The number of methoxy groups -OCH3 is 3. The zero-order valence-electron chi connectivity index (χ0n) is 19.6. The van der Waals surface area contributed by atoms with Crippen LogP contribution < -0.4 is 24.8 Å². The van der Waals surface area contributed by atoms with Gasteiger partial charge in [-0.2, -0.15) is 0 Å². The monoisotopic (exact) mass is 443 g/mol. The molecular weight excluding hydrogens is 410 g/mol. The molecule has 32 heavy (non-hydrogen) atoms. The zero-order chi connectivity index (χ0) is 23.7. The molecule has 0 aliphatic rings. The number of carbonyl (C=O) groups is 2. The lowest BCUT2D eigenvalue weighted by Gasteiger charge is -2.27. The van der Waals surface area contributed by atoms with E-state index >= 15 is 0 Å². The summed E-state index contributed by atoms with van der Waals surface area (Å²) in [6, 6.07) is 11.6. The van der Waals surface area contributed by atoms with E-state index in [9.17, 15) is 9.59 Å². The van der Waals surface area contributed by atoms with E-state index in [0.717, 1.165) is 5.56 Å². The molecule has 0 saturated carbocycles. The van der Waals surface area contributed by atoms with Gasteiger partial charge in [-0.15, -0.1) is 0 Å². The molecule has 0 aromatic heterocycles. The minimum atomic E-state index is -0.656. The van der Waals surface area contributed by atoms with Crippen molar-refractivity contribution in [3.8, 4) is 17.2 Å². The highest BCUT2D eigenvalue weighted by Crippen LogP contribution is 2.27. The molecule has 0 aliphatic heterocycles. The van der Waals surface area contributed by atoms with Gasteiger partial charge in [0.2, 0.25) is 5.91 Å². The number of carbonyl (C=O) groups excluding carboxylic acids is 2. The number of urea groups is 1. The van der Waals surface area contributed by atoms with Crippen LogP contribution in [0.1, 0.15) is 19.4 Å². The molecule has 2 N–H and O–H groups in total. The maximum absolute atomic E-state index is 13.0. The van der Waals surface area contributed by atoms with Crippen LogP contribution in [-0.2, 0) is 11.2 Å². The van der Waals surface area contributed by atoms with E-state index in [1.807, 2.05) is 32.0 Å². The summed E-state index contributed by atoms with van der Waals surface area (Å²) in [4.78, 5) is 27.2. The fraction of sp³-hybridized carbons (Fsp3) is 0.417. The number of hydrogen-bond acceptors (Lipinski definition) is 5. The number of amides is 3. The van der Waals surface area contributed by atoms with E-state index in [2.05, 4.69) is 10.6 Å². The third kappa shape index (κ3) is 6.80. The Morgan fingerprint density at radius 1 is 0.969 bits per heavy atom. The Balaban J connectivity index is 1.98. The number of likely N-dealkylation sites (N-methyl/N-ethyl adjacent to an activating group) is 1. The van der Waals surface area contributed by atoms with Gasteiger partial charge in [0.15, 0.2) is 11.5 Å². The van der Waals surface area contributed by atoms with Crippen molar-refractivity contribution in [1.29, 1.82) is 0 Å². The maximum atomic E-state index is 13.0. The Morgan fingerprint density at radius 2 is 1.69 bits per heavy atom. The molecule has 1 atom stereocenters. The number of ether oxygens (including phenoxy) is 3. The lowest BCUT2D eigenvalue weighted by atomic mass is 10.0. The minimum Gasteiger partial charge on any atom is -0.497 e. The van der Waals surface area contributed by atoms with Crippen molar-refractivity contribution in [1.82, 2.24) is 10.2 Å². The van der Waals surface area contributed by atoms with Crippen LogP contribution in [0.25, 0.3) is 0 Å². The van der Waals surface area contributed by atoms with Gasteiger partial charge in [-0.05, 0) is 42.2 Å². The van der Waals surface area contributed by atoms with E-state index < -0.39 is 12.1 Å². The highest BCUT2D eigenvalue weighted by atomic mass is 16.5. The van der Waals surface area contributed by atoms with Gasteiger partial charge in [0.1, 0.15) is 11.8 Å². The van der Waals surface area contributed by atoms with Gasteiger partial charge in [-0.1, -0.05) is 26.0 Å². The van der Waals surface area contributed by atoms with Crippen molar-refractivity contribution >= 4 is 17.6 Å². The molecule has 0 heterocycles. The molecular formula is C24H33N3O5. The minimum absolute atomic E-state index is 0.0814. The van der Waals surface area contributed by atoms with Crippen molar-refractivity contribution in [3.05, 3.63) is 48.0 Å². The predicted octanol–water partition coefficient (Wildman–Crippen LogP) is 3.56. The number of benzene rings is 2. The van der Waals surface area contributed by atoms with E-state index in [0.29, 0.717) is 35.9 Å². The van der Waals surface area contributed by atoms with Crippen LogP contribution in [0.4, 0.5) is 10.5 Å². The second-order valence-corrected chi connectivity index (χ2v) is 7.75. The average molecular weight is 444 g/mol. The van der Waals surface area contributed by atoms with E-state index in [-0.39, 0.29) is 11.8 Å². The molecule has 8 heteroatoms. The molecule has 2 aromatic carbocycles. The fourth-order valence-electron chi connectivity index (χ4n) is 3.20. The standard InChI is InChI=1S/C24H33N3O5/c1-16(2)22(26-24(29)25-18-8-7-9-19(15-18)30-4)23(28)27(3)13-12-17-10-11-20(31-5)21(14-17)32-6/h7-11,14-16,22H,12-13H2,1-6H3,(H2,25,26,29). The van der Waals surface area contributed by atoms with Gasteiger partial charge in [-0.3, -0.25) is 4.79 Å². The van der Waals surface area contributed by atoms with Crippen molar-refractivity contribution < 1.29 is 23.8 Å². The predicted molar refractivity (Wildman–Crippen MR) is 125 cm³/mol. The molecule has 2 aromatic rings.